The van der Waals surface area contributed by atoms with Crippen molar-refractivity contribution in [3.05, 3.63) is 84.1 Å². The minimum atomic E-state index is -0.972. The van der Waals surface area contributed by atoms with Crippen molar-refractivity contribution in [2.45, 2.75) is 0 Å². The van der Waals surface area contributed by atoms with Crippen molar-refractivity contribution in [2.24, 2.45) is 0 Å². The molecule has 6 rings (SSSR count). The van der Waals surface area contributed by atoms with Crippen molar-refractivity contribution >= 4 is 69.9 Å². The molecule has 0 aliphatic carbocycles. The van der Waals surface area contributed by atoms with Gasteiger partial charge in [-0.3, -0.25) is 4.98 Å². The molecule has 0 amide bonds. The Morgan fingerprint density at radius 2 is 1.84 bits per heavy atom. The molecular weight excluding hydrogens is 479 g/mol. The van der Waals surface area contributed by atoms with Crippen LogP contribution in [0, 0.1) is 0 Å². The third kappa shape index (κ3) is 4.86. The van der Waals surface area contributed by atoms with Crippen LogP contribution in [-0.2, 0) is 4.74 Å². The quantitative estimate of drug-likeness (QED) is 0.365. The monoisotopic (exact) mass is 502 g/mol. The molecule has 0 radical (unpaired) electrons. The van der Waals surface area contributed by atoms with Crippen LogP contribution in [0.5, 0.6) is 0 Å². The predicted octanol–water partition coefficient (Wildman–Crippen LogP) is 3.40. The Morgan fingerprint density at radius 3 is 2.62 bits per heavy atom. The fourth-order valence-electron chi connectivity index (χ4n) is 4.51. The number of carbonyl (C=O) groups is 1. The van der Waals surface area contributed by atoms with E-state index >= 15 is 0 Å². The number of aromatic carboxylic acids is 1. The zero-order valence-electron chi connectivity index (χ0n) is 19.3. The Kier molecular flexibility index (Phi) is 7.29. The maximum absolute atomic E-state index is 11.5. The SMILES string of the molecule is O=C(O)c1cccc2nc(/C=C/c3nc4c(N5CCOCC5)ccnn4c3-c3cccnc3)ccc12.[NaH]. The first-order chi connectivity index (χ1) is 17.7. The van der Waals surface area contributed by atoms with Crippen LogP contribution in [0.15, 0.2) is 67.1 Å². The van der Waals surface area contributed by atoms with E-state index in [4.69, 9.17) is 9.72 Å². The Labute approximate surface area is 234 Å². The molecule has 1 aromatic carbocycles. The Bertz CT molecular complexity index is 1610. The fraction of sp³-hybridized carbons (Fsp3) is 0.148. The van der Waals surface area contributed by atoms with Gasteiger partial charge in [-0.05, 0) is 54.6 Å². The summed E-state index contributed by atoms with van der Waals surface area (Å²) in [5.41, 5.74) is 5.77. The second-order valence-electron chi connectivity index (χ2n) is 8.39. The number of carboxylic acids is 1. The van der Waals surface area contributed by atoms with Crippen LogP contribution in [0.4, 0.5) is 5.69 Å². The van der Waals surface area contributed by atoms with E-state index in [9.17, 15) is 9.90 Å². The molecule has 4 aromatic heterocycles. The molecule has 180 valence electrons. The molecular formula is C27H23N6NaO3. The molecule has 37 heavy (non-hydrogen) atoms. The molecule has 0 spiro atoms. The van der Waals surface area contributed by atoms with Gasteiger partial charge in [0, 0.05) is 36.4 Å². The number of benzene rings is 1. The number of hydrogen-bond acceptors (Lipinski definition) is 7. The second kappa shape index (κ2) is 10.8. The number of rotatable bonds is 5. The van der Waals surface area contributed by atoms with Gasteiger partial charge in [0.25, 0.3) is 0 Å². The number of ether oxygens (including phenoxy) is 1. The number of nitrogens with zero attached hydrogens (tertiary/aromatic N) is 6. The number of carboxylic acid groups (broad SMARTS) is 1. The summed E-state index contributed by atoms with van der Waals surface area (Å²) >= 11 is 0. The van der Waals surface area contributed by atoms with Crippen molar-refractivity contribution in [2.75, 3.05) is 31.2 Å². The van der Waals surface area contributed by atoms with Gasteiger partial charge in [0.2, 0.25) is 0 Å². The zero-order valence-corrected chi connectivity index (χ0v) is 19.3. The third-order valence-electron chi connectivity index (χ3n) is 6.21. The van der Waals surface area contributed by atoms with Crippen molar-refractivity contribution in [3.63, 3.8) is 0 Å². The number of pyridine rings is 2. The number of aromatic nitrogens is 5. The topological polar surface area (TPSA) is 106 Å². The molecule has 0 atom stereocenters. The first-order valence-electron chi connectivity index (χ1n) is 11.6. The molecule has 0 saturated carbocycles. The van der Waals surface area contributed by atoms with Gasteiger partial charge >= 0.3 is 35.5 Å². The van der Waals surface area contributed by atoms with Crippen LogP contribution in [0.25, 0.3) is 40.0 Å². The number of hydrogen-bond donors (Lipinski definition) is 1. The minimum absolute atomic E-state index is 0. The van der Waals surface area contributed by atoms with Crippen molar-refractivity contribution in [1.82, 2.24) is 24.6 Å². The van der Waals surface area contributed by atoms with Gasteiger partial charge in [-0.15, -0.1) is 0 Å². The van der Waals surface area contributed by atoms with Crippen LogP contribution >= 0.6 is 0 Å². The molecule has 1 N–H and O–H groups in total. The average Bonchev–Trinajstić information content (AvgIpc) is 3.31. The molecule has 0 unspecified atom stereocenters. The van der Waals surface area contributed by atoms with Gasteiger partial charge in [0.15, 0.2) is 5.65 Å². The molecule has 1 aliphatic heterocycles. The summed E-state index contributed by atoms with van der Waals surface area (Å²) in [7, 11) is 0. The summed E-state index contributed by atoms with van der Waals surface area (Å²) in [4.78, 5) is 27.7. The fourth-order valence-corrected chi connectivity index (χ4v) is 4.51. The second-order valence-corrected chi connectivity index (χ2v) is 8.39. The van der Waals surface area contributed by atoms with Crippen LogP contribution < -0.4 is 4.90 Å². The summed E-state index contributed by atoms with van der Waals surface area (Å²) in [5.74, 6) is -0.972. The molecule has 9 nitrogen and oxygen atoms in total. The molecule has 1 saturated heterocycles. The summed E-state index contributed by atoms with van der Waals surface area (Å²) < 4.78 is 7.38. The molecule has 1 fully saturated rings. The Morgan fingerprint density at radius 1 is 0.973 bits per heavy atom. The van der Waals surface area contributed by atoms with E-state index in [1.807, 2.05) is 47.0 Å². The average molecular weight is 503 g/mol. The van der Waals surface area contributed by atoms with Gasteiger partial charge in [0.1, 0.15) is 5.69 Å². The first-order valence-corrected chi connectivity index (χ1v) is 11.6. The van der Waals surface area contributed by atoms with Gasteiger partial charge in [-0.1, -0.05) is 6.07 Å². The first kappa shape index (κ1) is 25.0. The number of morpholine rings is 1. The van der Waals surface area contributed by atoms with Crippen molar-refractivity contribution < 1.29 is 14.6 Å². The van der Waals surface area contributed by atoms with Gasteiger partial charge < -0.3 is 14.7 Å². The van der Waals surface area contributed by atoms with Crippen LogP contribution in [0.3, 0.4) is 0 Å². The van der Waals surface area contributed by atoms with Crippen LogP contribution in [0.1, 0.15) is 21.7 Å². The zero-order chi connectivity index (χ0) is 24.5. The van der Waals surface area contributed by atoms with Crippen molar-refractivity contribution in [3.8, 4) is 11.3 Å². The van der Waals surface area contributed by atoms with E-state index in [0.717, 1.165) is 41.4 Å². The summed E-state index contributed by atoms with van der Waals surface area (Å²) in [6.45, 7) is 2.93. The molecule has 5 aromatic rings. The van der Waals surface area contributed by atoms with E-state index < -0.39 is 5.97 Å². The van der Waals surface area contributed by atoms with E-state index in [1.54, 1.807) is 36.8 Å². The predicted molar refractivity (Wildman–Crippen MR) is 144 cm³/mol. The summed E-state index contributed by atoms with van der Waals surface area (Å²) in [6.07, 6.45) is 9.11. The van der Waals surface area contributed by atoms with Gasteiger partial charge in [0.05, 0.1) is 47.6 Å². The maximum atomic E-state index is 11.5. The Hall–Kier alpha value is -3.63. The standard InChI is InChI=1S/C27H22N6O3.Na.H/c34-27(35)21-4-1-5-22-20(21)8-6-19(30-22)7-9-23-25(18-3-2-11-28-17-18)33-26(31-23)24(10-12-29-33)32-13-15-36-16-14-32;;/h1-12,17H,13-16H2,(H,34,35);;/b9-7+;;. The van der Waals surface area contributed by atoms with E-state index in [2.05, 4.69) is 20.0 Å². The molecule has 10 heteroatoms. The number of fused-ring (bicyclic) bond motifs is 2. The normalized spacial score (nSPS) is 13.8. The Balaban J connectivity index is 0.00000280. The van der Waals surface area contributed by atoms with E-state index in [-0.39, 0.29) is 35.1 Å². The number of imidazole rings is 1. The van der Waals surface area contributed by atoms with E-state index in [0.29, 0.717) is 29.8 Å². The number of anilines is 1. The van der Waals surface area contributed by atoms with Crippen LogP contribution in [-0.4, -0.2) is 91.5 Å². The summed E-state index contributed by atoms with van der Waals surface area (Å²) in [6, 6.07) is 14.5. The molecule has 0 bridgehead atoms. The van der Waals surface area contributed by atoms with Crippen LogP contribution in [0.2, 0.25) is 0 Å². The van der Waals surface area contributed by atoms with Gasteiger partial charge in [-0.25, -0.2) is 19.3 Å². The van der Waals surface area contributed by atoms with Gasteiger partial charge in [-0.2, -0.15) is 5.10 Å². The van der Waals surface area contributed by atoms with E-state index in [1.165, 1.54) is 0 Å². The third-order valence-corrected chi connectivity index (χ3v) is 6.21. The summed E-state index contributed by atoms with van der Waals surface area (Å²) in [5, 5.41) is 14.7. The molecule has 1 aliphatic rings. The molecule has 5 heterocycles. The van der Waals surface area contributed by atoms with Crippen molar-refractivity contribution in [1.29, 1.82) is 0 Å².